The first-order valence-electron chi connectivity index (χ1n) is 7.59. The zero-order chi connectivity index (χ0) is 20.7. The fourth-order valence-electron chi connectivity index (χ4n) is 2.37. The second-order valence-electron chi connectivity index (χ2n) is 5.62. The molecule has 3 aromatic rings. The lowest BCUT2D eigenvalue weighted by atomic mass is 10.3. The Labute approximate surface area is 156 Å². The standard InChI is InChI=1S/C15H12F3N5O4S/c1-8-7-9(2)23-14(19-8)20-12(21-23)13(24)22-28(25,26)11-6-4-3-5-10(11)27-15(16,17)18/h3-7H,1-2H3,(H,22,24). The van der Waals surface area contributed by atoms with Gasteiger partial charge in [-0.25, -0.2) is 22.6 Å². The number of para-hydroxylation sites is 1. The number of hydrogen-bond donors (Lipinski definition) is 1. The lowest BCUT2D eigenvalue weighted by Gasteiger charge is -2.13. The summed E-state index contributed by atoms with van der Waals surface area (Å²) in [6.45, 7) is 3.38. The number of carbonyl (C=O) groups excluding carboxylic acids is 1. The molecule has 0 bridgehead atoms. The quantitative estimate of drug-likeness (QED) is 0.690. The Morgan fingerprint density at radius 1 is 1.18 bits per heavy atom. The van der Waals surface area contributed by atoms with Crippen LogP contribution in [0.3, 0.4) is 0 Å². The topological polar surface area (TPSA) is 116 Å². The molecule has 3 rings (SSSR count). The lowest BCUT2D eigenvalue weighted by Crippen LogP contribution is -2.32. The van der Waals surface area contributed by atoms with Gasteiger partial charge in [-0.1, -0.05) is 12.1 Å². The Kier molecular flexibility index (Phi) is 4.71. The predicted molar refractivity (Wildman–Crippen MR) is 88.0 cm³/mol. The van der Waals surface area contributed by atoms with Gasteiger partial charge in [-0.3, -0.25) is 4.79 Å². The summed E-state index contributed by atoms with van der Waals surface area (Å²) in [5.41, 5.74) is 1.20. The van der Waals surface area contributed by atoms with Crippen molar-refractivity contribution < 1.29 is 31.1 Å². The molecule has 2 aromatic heterocycles. The van der Waals surface area contributed by atoms with E-state index in [0.29, 0.717) is 11.4 Å². The van der Waals surface area contributed by atoms with E-state index in [0.717, 1.165) is 18.2 Å². The van der Waals surface area contributed by atoms with Crippen LogP contribution in [-0.2, 0) is 10.0 Å². The van der Waals surface area contributed by atoms with Crippen molar-refractivity contribution in [3.05, 3.63) is 47.5 Å². The van der Waals surface area contributed by atoms with Crippen LogP contribution in [0.25, 0.3) is 5.78 Å². The van der Waals surface area contributed by atoms with E-state index in [9.17, 15) is 26.4 Å². The number of nitrogens with zero attached hydrogens (tertiary/aromatic N) is 4. The highest BCUT2D eigenvalue weighted by molar-refractivity contribution is 7.90. The Morgan fingerprint density at radius 2 is 1.86 bits per heavy atom. The molecule has 9 nitrogen and oxygen atoms in total. The Morgan fingerprint density at radius 3 is 2.54 bits per heavy atom. The first-order chi connectivity index (χ1) is 13.0. The number of sulfonamides is 1. The Balaban J connectivity index is 1.93. The maximum atomic E-state index is 12.5. The summed E-state index contributed by atoms with van der Waals surface area (Å²) < 4.78 is 68.8. The first kappa shape index (κ1) is 19.5. The molecule has 0 aliphatic heterocycles. The monoisotopic (exact) mass is 415 g/mol. The van der Waals surface area contributed by atoms with Crippen LogP contribution in [0.2, 0.25) is 0 Å². The summed E-state index contributed by atoms with van der Waals surface area (Å²) in [6, 6.07) is 5.68. The minimum Gasteiger partial charge on any atom is -0.404 e. The van der Waals surface area contributed by atoms with Crippen LogP contribution in [0.4, 0.5) is 13.2 Å². The van der Waals surface area contributed by atoms with Gasteiger partial charge in [-0.05, 0) is 32.0 Å². The number of amides is 1. The summed E-state index contributed by atoms with van der Waals surface area (Å²) in [7, 11) is -4.70. The van der Waals surface area contributed by atoms with Gasteiger partial charge in [0.15, 0.2) is 0 Å². The lowest BCUT2D eigenvalue weighted by molar-refractivity contribution is -0.275. The van der Waals surface area contributed by atoms with Gasteiger partial charge in [0.1, 0.15) is 10.6 Å². The number of aromatic nitrogens is 4. The normalized spacial score (nSPS) is 12.2. The van der Waals surface area contributed by atoms with E-state index in [1.807, 2.05) is 0 Å². The number of aryl methyl sites for hydroxylation is 2. The number of fused-ring (bicyclic) bond motifs is 1. The van der Waals surface area contributed by atoms with Crippen molar-refractivity contribution in [2.45, 2.75) is 25.1 Å². The maximum Gasteiger partial charge on any atom is 0.573 e. The number of halogens is 3. The molecule has 13 heteroatoms. The molecular weight excluding hydrogens is 403 g/mol. The summed E-state index contributed by atoms with van der Waals surface area (Å²) in [5.74, 6) is -2.66. The fourth-order valence-corrected chi connectivity index (χ4v) is 3.44. The number of alkyl halides is 3. The predicted octanol–water partition coefficient (Wildman–Crippen LogP) is 1.76. The second kappa shape index (κ2) is 6.74. The smallest absolute Gasteiger partial charge is 0.404 e. The molecule has 1 N–H and O–H groups in total. The Hall–Kier alpha value is -3.22. The second-order valence-corrected chi connectivity index (χ2v) is 7.27. The van der Waals surface area contributed by atoms with Gasteiger partial charge in [0.05, 0.1) is 0 Å². The van der Waals surface area contributed by atoms with Gasteiger partial charge in [0.25, 0.3) is 15.8 Å². The van der Waals surface area contributed by atoms with Crippen molar-refractivity contribution in [3.63, 3.8) is 0 Å². The molecule has 0 saturated carbocycles. The number of benzene rings is 1. The molecule has 0 fully saturated rings. The minimum atomic E-state index is -5.11. The van der Waals surface area contributed by atoms with Gasteiger partial charge < -0.3 is 4.74 Å². The summed E-state index contributed by atoms with van der Waals surface area (Å²) >= 11 is 0. The number of rotatable bonds is 4. The summed E-state index contributed by atoms with van der Waals surface area (Å²) in [6.07, 6.45) is -5.11. The highest BCUT2D eigenvalue weighted by atomic mass is 32.2. The molecule has 0 aliphatic rings. The molecule has 0 radical (unpaired) electrons. The molecule has 2 heterocycles. The molecule has 1 amide bonds. The molecule has 28 heavy (non-hydrogen) atoms. The highest BCUT2D eigenvalue weighted by Gasteiger charge is 2.34. The molecule has 0 saturated heterocycles. The van der Waals surface area contributed by atoms with Crippen molar-refractivity contribution in [2.24, 2.45) is 0 Å². The highest BCUT2D eigenvalue weighted by Crippen LogP contribution is 2.29. The molecular formula is C15H12F3N5O4S. The Bertz CT molecular complexity index is 1170. The number of ether oxygens (including phenoxy) is 1. The average molecular weight is 415 g/mol. The first-order valence-corrected chi connectivity index (χ1v) is 9.07. The van der Waals surface area contributed by atoms with Crippen molar-refractivity contribution in [2.75, 3.05) is 0 Å². The van der Waals surface area contributed by atoms with E-state index in [1.54, 1.807) is 24.6 Å². The molecule has 148 valence electrons. The van der Waals surface area contributed by atoms with E-state index in [1.165, 1.54) is 10.6 Å². The van der Waals surface area contributed by atoms with Crippen LogP contribution in [0.15, 0.2) is 35.2 Å². The van der Waals surface area contributed by atoms with Gasteiger partial charge in [0, 0.05) is 11.4 Å². The van der Waals surface area contributed by atoms with E-state index in [2.05, 4.69) is 19.8 Å². The van der Waals surface area contributed by atoms with Gasteiger partial charge in [0.2, 0.25) is 5.82 Å². The van der Waals surface area contributed by atoms with Gasteiger partial charge in [-0.15, -0.1) is 18.3 Å². The van der Waals surface area contributed by atoms with Crippen molar-refractivity contribution >= 4 is 21.7 Å². The third kappa shape index (κ3) is 4.03. The number of hydrogen-bond acceptors (Lipinski definition) is 7. The van der Waals surface area contributed by atoms with Crippen LogP contribution in [0.5, 0.6) is 5.75 Å². The van der Waals surface area contributed by atoms with Crippen LogP contribution in [-0.4, -0.2) is 40.3 Å². The third-order valence-corrected chi connectivity index (χ3v) is 4.78. The zero-order valence-electron chi connectivity index (χ0n) is 14.4. The third-order valence-electron chi connectivity index (χ3n) is 3.41. The summed E-state index contributed by atoms with van der Waals surface area (Å²) in [4.78, 5) is 19.3. The maximum absolute atomic E-state index is 12.5. The van der Waals surface area contributed by atoms with Crippen LogP contribution in [0, 0.1) is 13.8 Å². The van der Waals surface area contributed by atoms with E-state index in [4.69, 9.17) is 0 Å². The van der Waals surface area contributed by atoms with Gasteiger partial charge >= 0.3 is 12.3 Å². The fraction of sp³-hybridized carbons (Fsp3) is 0.200. The van der Waals surface area contributed by atoms with E-state index >= 15 is 0 Å². The van der Waals surface area contributed by atoms with Crippen molar-refractivity contribution in [1.82, 2.24) is 24.3 Å². The number of nitrogens with one attached hydrogen (secondary N) is 1. The zero-order valence-corrected chi connectivity index (χ0v) is 15.2. The van der Waals surface area contributed by atoms with Crippen LogP contribution < -0.4 is 9.46 Å². The van der Waals surface area contributed by atoms with Gasteiger partial charge in [-0.2, -0.15) is 4.98 Å². The SMILES string of the molecule is Cc1cc(C)n2nc(C(=O)NS(=O)(=O)c3ccccc3OC(F)(F)F)nc2n1. The number of carbonyl (C=O) groups is 1. The van der Waals surface area contributed by atoms with Crippen LogP contribution >= 0.6 is 0 Å². The molecule has 1 aromatic carbocycles. The van der Waals surface area contributed by atoms with Crippen LogP contribution in [0.1, 0.15) is 22.0 Å². The molecule has 0 aliphatic carbocycles. The largest absolute Gasteiger partial charge is 0.573 e. The molecule has 0 spiro atoms. The van der Waals surface area contributed by atoms with Crippen molar-refractivity contribution in [1.29, 1.82) is 0 Å². The average Bonchev–Trinajstić information content (AvgIpc) is 2.97. The van der Waals surface area contributed by atoms with Crippen molar-refractivity contribution in [3.8, 4) is 5.75 Å². The van der Waals surface area contributed by atoms with E-state index < -0.39 is 38.8 Å². The molecule has 0 atom stereocenters. The van der Waals surface area contributed by atoms with E-state index in [-0.39, 0.29) is 5.78 Å². The molecule has 0 unspecified atom stereocenters. The summed E-state index contributed by atoms with van der Waals surface area (Å²) in [5, 5.41) is 3.87. The minimum absolute atomic E-state index is 0.0702.